The Kier molecular flexibility index (Phi) is 3.21. The Balaban J connectivity index is 2.25. The summed E-state index contributed by atoms with van der Waals surface area (Å²) in [6.45, 7) is 0. The van der Waals surface area contributed by atoms with E-state index in [1.165, 1.54) is 12.1 Å². The van der Waals surface area contributed by atoms with Crippen molar-refractivity contribution in [3.05, 3.63) is 56.3 Å². The molecule has 2 N–H and O–H groups in total. The first-order chi connectivity index (χ1) is 9.97. The molecule has 1 unspecified atom stereocenters. The maximum atomic E-state index is 13.1. The largest absolute Gasteiger partial charge is 0.312 e. The molecule has 0 radical (unpaired) electrons. The molecule has 1 aromatic carbocycles. The zero-order valence-electron chi connectivity index (χ0n) is 11.1. The van der Waals surface area contributed by atoms with Crippen LogP contribution in [0.5, 0.6) is 0 Å². The summed E-state index contributed by atoms with van der Waals surface area (Å²) >= 11 is 5.04. The van der Waals surface area contributed by atoms with Crippen LogP contribution < -0.4 is 10.9 Å². The van der Waals surface area contributed by atoms with Crippen LogP contribution in [0.2, 0.25) is 0 Å². The number of benzene rings is 1. The van der Waals surface area contributed by atoms with Crippen molar-refractivity contribution in [1.29, 1.82) is 0 Å². The second-order valence-corrected chi connectivity index (χ2v) is 5.32. The van der Waals surface area contributed by atoms with Crippen molar-refractivity contribution in [2.45, 2.75) is 12.3 Å². The predicted molar refractivity (Wildman–Crippen MR) is 78.4 cm³/mol. The number of halogens is 1. The maximum absolute atomic E-state index is 13.1. The van der Waals surface area contributed by atoms with Gasteiger partial charge in [0.1, 0.15) is 11.6 Å². The molecule has 1 aromatic heterocycles. The van der Waals surface area contributed by atoms with Gasteiger partial charge in [0.15, 0.2) is 4.77 Å². The second kappa shape index (κ2) is 4.92. The highest BCUT2D eigenvalue weighted by Crippen LogP contribution is 2.34. The Bertz CT molecular complexity index is 839. The molecule has 1 aliphatic rings. The fourth-order valence-corrected chi connectivity index (χ4v) is 2.75. The smallest absolute Gasteiger partial charge is 0.257 e. The quantitative estimate of drug-likeness (QED) is 0.793. The van der Waals surface area contributed by atoms with Crippen LogP contribution in [0, 0.1) is 10.6 Å². The number of carbonyl (C=O) groups is 1. The molecule has 2 heterocycles. The zero-order valence-corrected chi connectivity index (χ0v) is 12.0. The molecule has 0 bridgehead atoms. The average Bonchev–Trinajstić information content (AvgIpc) is 2.44. The third kappa shape index (κ3) is 2.29. The standard InChI is InChI=1S/C14H12FN3O2S/c1-18-12-11(13(20)17-14(18)21)9(6-10(19)16-12)7-2-4-8(15)5-3-7/h2-5,9H,6H2,1H3,(H,16,19)(H,17,20,21). The molecule has 5 nitrogen and oxygen atoms in total. The number of aromatic amines is 1. The first-order valence-corrected chi connectivity index (χ1v) is 6.76. The number of H-pyrrole nitrogens is 1. The van der Waals surface area contributed by atoms with Gasteiger partial charge < -0.3 is 9.88 Å². The molecule has 1 aliphatic heterocycles. The first kappa shape index (κ1) is 13.7. The van der Waals surface area contributed by atoms with E-state index in [4.69, 9.17) is 12.2 Å². The Morgan fingerprint density at radius 1 is 1.29 bits per heavy atom. The van der Waals surface area contributed by atoms with Gasteiger partial charge in [-0.15, -0.1) is 0 Å². The average molecular weight is 305 g/mol. The molecule has 21 heavy (non-hydrogen) atoms. The number of hydrogen-bond acceptors (Lipinski definition) is 3. The molecule has 0 fully saturated rings. The summed E-state index contributed by atoms with van der Waals surface area (Å²) in [7, 11) is 1.67. The van der Waals surface area contributed by atoms with Crippen LogP contribution in [-0.4, -0.2) is 15.5 Å². The lowest BCUT2D eigenvalue weighted by Gasteiger charge is -2.26. The summed E-state index contributed by atoms with van der Waals surface area (Å²) in [5.74, 6) is -0.582. The summed E-state index contributed by atoms with van der Waals surface area (Å²) in [5.41, 5.74) is 0.829. The van der Waals surface area contributed by atoms with Gasteiger partial charge in [-0.05, 0) is 29.9 Å². The van der Waals surface area contributed by atoms with Crippen molar-refractivity contribution in [1.82, 2.24) is 9.55 Å². The Labute approximate surface area is 124 Å². The summed E-state index contributed by atoms with van der Waals surface area (Å²) in [6.07, 6.45) is 0.137. The van der Waals surface area contributed by atoms with E-state index < -0.39 is 5.92 Å². The van der Waals surface area contributed by atoms with Crippen molar-refractivity contribution >= 4 is 23.9 Å². The molecule has 0 saturated heterocycles. The molecule has 0 spiro atoms. The van der Waals surface area contributed by atoms with E-state index in [0.29, 0.717) is 11.4 Å². The minimum atomic E-state index is -0.417. The highest BCUT2D eigenvalue weighted by molar-refractivity contribution is 7.71. The Morgan fingerprint density at radius 2 is 1.95 bits per heavy atom. The molecular weight excluding hydrogens is 293 g/mol. The van der Waals surface area contributed by atoms with Crippen LogP contribution in [0.25, 0.3) is 0 Å². The van der Waals surface area contributed by atoms with Gasteiger partial charge in [0.2, 0.25) is 5.91 Å². The van der Waals surface area contributed by atoms with Crippen LogP contribution in [0.3, 0.4) is 0 Å². The van der Waals surface area contributed by atoms with Crippen LogP contribution >= 0.6 is 12.2 Å². The van der Waals surface area contributed by atoms with E-state index in [9.17, 15) is 14.0 Å². The van der Waals surface area contributed by atoms with E-state index in [-0.39, 0.29) is 28.5 Å². The van der Waals surface area contributed by atoms with Crippen LogP contribution in [-0.2, 0) is 11.8 Å². The number of fused-ring (bicyclic) bond motifs is 1. The van der Waals surface area contributed by atoms with Crippen LogP contribution in [0.15, 0.2) is 29.1 Å². The molecule has 3 rings (SSSR count). The highest BCUT2D eigenvalue weighted by atomic mass is 32.1. The van der Waals surface area contributed by atoms with Gasteiger partial charge >= 0.3 is 0 Å². The number of aromatic nitrogens is 2. The molecule has 0 aliphatic carbocycles. The maximum Gasteiger partial charge on any atom is 0.257 e. The number of carbonyl (C=O) groups excluding carboxylic acids is 1. The second-order valence-electron chi connectivity index (χ2n) is 4.94. The van der Waals surface area contributed by atoms with E-state index in [2.05, 4.69) is 10.3 Å². The monoisotopic (exact) mass is 305 g/mol. The fourth-order valence-electron chi connectivity index (χ4n) is 2.56. The van der Waals surface area contributed by atoms with E-state index in [1.54, 1.807) is 23.7 Å². The molecule has 7 heteroatoms. The molecule has 2 aromatic rings. The predicted octanol–water partition coefficient (Wildman–Crippen LogP) is 2.06. The molecule has 108 valence electrons. The van der Waals surface area contributed by atoms with Gasteiger partial charge in [-0.2, -0.15) is 0 Å². The van der Waals surface area contributed by atoms with Crippen LogP contribution in [0.4, 0.5) is 10.2 Å². The van der Waals surface area contributed by atoms with Crippen molar-refractivity contribution in [2.24, 2.45) is 7.05 Å². The van der Waals surface area contributed by atoms with Gasteiger partial charge in [-0.3, -0.25) is 14.6 Å². The molecule has 0 saturated carbocycles. The lowest BCUT2D eigenvalue weighted by Crippen LogP contribution is -2.33. The minimum absolute atomic E-state index is 0.137. The van der Waals surface area contributed by atoms with Gasteiger partial charge in [0.25, 0.3) is 5.56 Å². The van der Waals surface area contributed by atoms with Crippen molar-refractivity contribution in [2.75, 3.05) is 5.32 Å². The lowest BCUT2D eigenvalue weighted by molar-refractivity contribution is -0.116. The normalized spacial score (nSPS) is 17.2. The number of amides is 1. The number of anilines is 1. The topological polar surface area (TPSA) is 66.9 Å². The number of nitrogens with zero attached hydrogens (tertiary/aromatic N) is 1. The highest BCUT2D eigenvalue weighted by Gasteiger charge is 2.30. The fraction of sp³-hybridized carbons (Fsp3) is 0.214. The minimum Gasteiger partial charge on any atom is -0.312 e. The molecule has 1 atom stereocenters. The van der Waals surface area contributed by atoms with Crippen molar-refractivity contribution in [3.8, 4) is 0 Å². The number of hydrogen-bond donors (Lipinski definition) is 2. The summed E-state index contributed by atoms with van der Waals surface area (Å²) in [6, 6.07) is 5.81. The van der Waals surface area contributed by atoms with Gasteiger partial charge in [-0.1, -0.05) is 12.1 Å². The van der Waals surface area contributed by atoms with Crippen molar-refractivity contribution < 1.29 is 9.18 Å². The molecular formula is C14H12FN3O2S. The summed E-state index contributed by atoms with van der Waals surface area (Å²) in [5, 5.41) is 2.68. The van der Waals surface area contributed by atoms with E-state index in [0.717, 1.165) is 5.56 Å². The van der Waals surface area contributed by atoms with E-state index in [1.807, 2.05) is 0 Å². The summed E-state index contributed by atoms with van der Waals surface area (Å²) in [4.78, 5) is 26.7. The van der Waals surface area contributed by atoms with E-state index >= 15 is 0 Å². The summed E-state index contributed by atoms with van der Waals surface area (Å²) < 4.78 is 14.8. The van der Waals surface area contributed by atoms with Gasteiger partial charge in [0.05, 0.1) is 5.56 Å². The lowest BCUT2D eigenvalue weighted by atomic mass is 9.87. The number of nitrogens with one attached hydrogen (secondary N) is 2. The van der Waals surface area contributed by atoms with Crippen molar-refractivity contribution in [3.63, 3.8) is 0 Å². The van der Waals surface area contributed by atoms with Crippen LogP contribution in [0.1, 0.15) is 23.5 Å². The number of rotatable bonds is 1. The zero-order chi connectivity index (χ0) is 15.1. The first-order valence-electron chi connectivity index (χ1n) is 6.36. The third-order valence-electron chi connectivity index (χ3n) is 3.63. The van der Waals surface area contributed by atoms with Gasteiger partial charge in [0, 0.05) is 19.4 Å². The Hall–Kier alpha value is -2.28. The Morgan fingerprint density at radius 3 is 2.62 bits per heavy atom. The van der Waals surface area contributed by atoms with Gasteiger partial charge in [-0.25, -0.2) is 4.39 Å². The SMILES string of the molecule is Cn1c2c(c(=O)[nH]c1=S)C(c1ccc(F)cc1)CC(=O)N2. The molecule has 1 amide bonds. The third-order valence-corrected chi connectivity index (χ3v) is 4.00.